The van der Waals surface area contributed by atoms with Crippen LogP contribution in [0.15, 0.2) is 29.2 Å². The number of H-pyrrole nitrogens is 1. The van der Waals surface area contributed by atoms with Gasteiger partial charge in [-0.05, 0) is 62.8 Å². The van der Waals surface area contributed by atoms with Gasteiger partial charge < -0.3 is 4.90 Å². The van der Waals surface area contributed by atoms with Crippen LogP contribution in [-0.4, -0.2) is 53.5 Å². The van der Waals surface area contributed by atoms with Crippen LogP contribution in [0.2, 0.25) is 0 Å². The molecule has 2 aromatic rings. The number of benzene rings is 1. The maximum atomic E-state index is 12.8. The summed E-state index contributed by atoms with van der Waals surface area (Å²) in [6.45, 7) is 1.32. The number of hydrogen-bond acceptors (Lipinski definition) is 5. The number of carbonyl (C=O) groups is 1. The van der Waals surface area contributed by atoms with Gasteiger partial charge in [-0.3, -0.25) is 9.89 Å². The van der Waals surface area contributed by atoms with Gasteiger partial charge in [-0.2, -0.15) is 5.10 Å². The van der Waals surface area contributed by atoms with E-state index < -0.39 is 10.0 Å². The van der Waals surface area contributed by atoms with Gasteiger partial charge in [0.2, 0.25) is 10.0 Å². The van der Waals surface area contributed by atoms with Crippen molar-refractivity contribution in [2.45, 2.75) is 61.3 Å². The summed E-state index contributed by atoms with van der Waals surface area (Å²) in [5, 5.41) is 7.42. The van der Waals surface area contributed by atoms with E-state index in [1.165, 1.54) is 25.0 Å². The highest BCUT2D eigenvalue weighted by atomic mass is 32.2. The van der Waals surface area contributed by atoms with Crippen LogP contribution >= 0.6 is 0 Å². The molecule has 0 spiro atoms. The monoisotopic (exact) mass is 415 g/mol. The summed E-state index contributed by atoms with van der Waals surface area (Å²) in [6.07, 6.45) is 5.84. The highest BCUT2D eigenvalue weighted by Crippen LogP contribution is 2.38. The Kier molecular flexibility index (Phi) is 4.66. The Balaban J connectivity index is 1.19. The third kappa shape index (κ3) is 4.06. The molecule has 0 radical (unpaired) electrons. The molecule has 2 saturated carbocycles. The van der Waals surface area contributed by atoms with Gasteiger partial charge >= 0.3 is 0 Å². The van der Waals surface area contributed by atoms with Crippen molar-refractivity contribution in [2.75, 3.05) is 13.1 Å². The molecule has 3 aliphatic rings. The number of nitrogens with zero attached hydrogens (tertiary/aromatic N) is 3. The number of carbonyl (C=O) groups excluding carboxylic acids is 1. The largest absolute Gasteiger partial charge is 0.339 e. The number of sulfonamides is 1. The zero-order valence-corrected chi connectivity index (χ0v) is 17.0. The molecule has 1 amide bonds. The molecule has 1 saturated heterocycles. The molecule has 0 atom stereocenters. The Morgan fingerprint density at radius 1 is 1.00 bits per heavy atom. The quantitative estimate of drug-likeness (QED) is 0.751. The normalized spacial score (nSPS) is 20.8. The average Bonchev–Trinajstić information content (AvgIpc) is 3.68. The first kappa shape index (κ1) is 18.7. The van der Waals surface area contributed by atoms with Crippen LogP contribution < -0.4 is 4.72 Å². The fourth-order valence-electron chi connectivity index (χ4n) is 3.80. The van der Waals surface area contributed by atoms with E-state index in [0.29, 0.717) is 30.5 Å². The van der Waals surface area contributed by atoms with Crippen molar-refractivity contribution in [3.63, 3.8) is 0 Å². The van der Waals surface area contributed by atoms with Gasteiger partial charge in [0.15, 0.2) is 5.82 Å². The molecule has 2 heterocycles. The fourth-order valence-corrected chi connectivity index (χ4v) is 5.10. The molecule has 2 N–H and O–H groups in total. The summed E-state index contributed by atoms with van der Waals surface area (Å²) >= 11 is 0. The van der Waals surface area contributed by atoms with E-state index in [9.17, 15) is 13.2 Å². The molecule has 154 valence electrons. The lowest BCUT2D eigenvalue weighted by molar-refractivity contribution is 0.0711. The molecular formula is C20H25N5O3S. The minimum absolute atomic E-state index is 0.0567. The van der Waals surface area contributed by atoms with E-state index in [0.717, 1.165) is 37.3 Å². The summed E-state index contributed by atoms with van der Waals surface area (Å²) in [6, 6.07) is 6.30. The fraction of sp³-hybridized carbons (Fsp3) is 0.550. The summed E-state index contributed by atoms with van der Waals surface area (Å²) < 4.78 is 27.2. The maximum Gasteiger partial charge on any atom is 0.253 e. The summed E-state index contributed by atoms with van der Waals surface area (Å²) in [5.41, 5.74) is 0.518. The second-order valence-corrected chi connectivity index (χ2v) is 10.1. The van der Waals surface area contributed by atoms with Crippen molar-refractivity contribution < 1.29 is 13.2 Å². The molecular weight excluding hydrogens is 390 g/mol. The predicted octanol–water partition coefficient (Wildman–Crippen LogP) is 2.14. The Hall–Kier alpha value is -2.26. The van der Waals surface area contributed by atoms with Crippen molar-refractivity contribution in [1.82, 2.24) is 24.8 Å². The SMILES string of the molecule is O=C(c1ccc(S(=O)(=O)NC2CC2)cc1)N1CCC(c2nc(C3CC3)n[nH]2)CC1. The molecule has 29 heavy (non-hydrogen) atoms. The van der Waals surface area contributed by atoms with E-state index in [1.807, 2.05) is 4.90 Å². The van der Waals surface area contributed by atoms with Crippen molar-refractivity contribution in [3.8, 4) is 0 Å². The average molecular weight is 416 g/mol. The number of likely N-dealkylation sites (tertiary alicyclic amines) is 1. The number of aromatic nitrogens is 3. The second-order valence-electron chi connectivity index (χ2n) is 8.34. The number of rotatable bonds is 6. The zero-order valence-electron chi connectivity index (χ0n) is 16.2. The molecule has 5 rings (SSSR count). The Morgan fingerprint density at radius 2 is 1.69 bits per heavy atom. The number of hydrogen-bond donors (Lipinski definition) is 2. The first-order valence-corrected chi connectivity index (χ1v) is 11.8. The van der Waals surface area contributed by atoms with Crippen LogP contribution in [0, 0.1) is 0 Å². The van der Waals surface area contributed by atoms with Gasteiger partial charge in [0.25, 0.3) is 5.91 Å². The molecule has 8 nitrogen and oxygen atoms in total. The van der Waals surface area contributed by atoms with Crippen molar-refractivity contribution in [2.24, 2.45) is 0 Å². The molecule has 0 bridgehead atoms. The lowest BCUT2D eigenvalue weighted by atomic mass is 9.95. The Bertz CT molecular complexity index is 1000. The van der Waals surface area contributed by atoms with E-state index >= 15 is 0 Å². The third-order valence-electron chi connectivity index (χ3n) is 5.94. The lowest BCUT2D eigenvalue weighted by Gasteiger charge is -2.31. The van der Waals surface area contributed by atoms with Crippen molar-refractivity contribution >= 4 is 15.9 Å². The Morgan fingerprint density at radius 3 is 2.31 bits per heavy atom. The molecule has 1 aromatic carbocycles. The van der Waals surface area contributed by atoms with E-state index in [-0.39, 0.29) is 16.8 Å². The van der Waals surface area contributed by atoms with Gasteiger partial charge in [-0.1, -0.05) is 0 Å². The topological polar surface area (TPSA) is 108 Å². The molecule has 0 unspecified atom stereocenters. The summed E-state index contributed by atoms with van der Waals surface area (Å²) in [5.74, 6) is 2.66. The van der Waals surface area contributed by atoms with Gasteiger partial charge in [0.1, 0.15) is 5.82 Å². The smallest absolute Gasteiger partial charge is 0.253 e. The number of amides is 1. The molecule has 2 aliphatic carbocycles. The van der Waals surface area contributed by atoms with Crippen LogP contribution in [-0.2, 0) is 10.0 Å². The van der Waals surface area contributed by atoms with Crippen LogP contribution in [0.4, 0.5) is 0 Å². The third-order valence-corrected chi connectivity index (χ3v) is 7.48. The number of aromatic amines is 1. The maximum absolute atomic E-state index is 12.8. The summed E-state index contributed by atoms with van der Waals surface area (Å²) in [7, 11) is -3.49. The first-order chi connectivity index (χ1) is 14.0. The molecule has 9 heteroatoms. The highest BCUT2D eigenvalue weighted by Gasteiger charge is 2.31. The van der Waals surface area contributed by atoms with Gasteiger partial charge in [-0.25, -0.2) is 18.1 Å². The van der Waals surface area contributed by atoms with E-state index in [2.05, 4.69) is 19.9 Å². The van der Waals surface area contributed by atoms with Crippen LogP contribution in [0.1, 0.15) is 72.4 Å². The minimum Gasteiger partial charge on any atom is -0.339 e. The highest BCUT2D eigenvalue weighted by molar-refractivity contribution is 7.89. The van der Waals surface area contributed by atoms with Crippen molar-refractivity contribution in [3.05, 3.63) is 41.5 Å². The van der Waals surface area contributed by atoms with Gasteiger partial charge in [0.05, 0.1) is 4.90 Å². The van der Waals surface area contributed by atoms with Gasteiger partial charge in [0, 0.05) is 36.5 Å². The molecule has 1 aromatic heterocycles. The second kappa shape index (κ2) is 7.21. The van der Waals surface area contributed by atoms with Crippen LogP contribution in [0.25, 0.3) is 0 Å². The number of nitrogens with one attached hydrogen (secondary N) is 2. The molecule has 1 aliphatic heterocycles. The standard InChI is InChI=1S/C20H25N5O3S/c26-20(15-3-7-17(8-4-15)29(27,28)24-16-5-6-16)25-11-9-14(10-12-25)19-21-18(22-23-19)13-1-2-13/h3-4,7-8,13-14,16,24H,1-2,5-6,9-12H2,(H,21,22,23). The summed E-state index contributed by atoms with van der Waals surface area (Å²) in [4.78, 5) is 19.5. The Labute approximate surface area is 170 Å². The minimum atomic E-state index is -3.49. The number of piperidine rings is 1. The predicted molar refractivity (Wildman–Crippen MR) is 106 cm³/mol. The van der Waals surface area contributed by atoms with Gasteiger partial charge in [-0.15, -0.1) is 0 Å². The zero-order chi connectivity index (χ0) is 20.0. The van der Waals surface area contributed by atoms with Crippen LogP contribution in [0.5, 0.6) is 0 Å². The lowest BCUT2D eigenvalue weighted by Crippen LogP contribution is -2.38. The van der Waals surface area contributed by atoms with E-state index in [4.69, 9.17) is 0 Å². The molecule has 3 fully saturated rings. The van der Waals surface area contributed by atoms with Crippen LogP contribution in [0.3, 0.4) is 0 Å². The van der Waals surface area contributed by atoms with E-state index in [1.54, 1.807) is 12.1 Å². The first-order valence-electron chi connectivity index (χ1n) is 10.3. The van der Waals surface area contributed by atoms with Crippen molar-refractivity contribution in [1.29, 1.82) is 0 Å².